The molecule has 0 aliphatic heterocycles. The van der Waals surface area contributed by atoms with Crippen LogP contribution in [-0.4, -0.2) is 9.97 Å². The Bertz CT molecular complexity index is 2340. The summed E-state index contributed by atoms with van der Waals surface area (Å²) in [7, 11) is 0. The maximum absolute atomic E-state index is 6.76. The van der Waals surface area contributed by atoms with E-state index in [1.54, 1.807) is 0 Å². The molecule has 0 aliphatic rings. The lowest BCUT2D eigenvalue weighted by atomic mass is 9.94. The summed E-state index contributed by atoms with van der Waals surface area (Å²) in [6.07, 6.45) is 0. The molecule has 212 valence electrons. The average Bonchev–Trinajstić information content (AvgIpc) is 3.11. The smallest absolute Gasteiger partial charge is 0.160 e. The van der Waals surface area contributed by atoms with Gasteiger partial charge in [0.2, 0.25) is 0 Å². The predicted molar refractivity (Wildman–Crippen MR) is 189 cm³/mol. The molecule has 0 atom stereocenters. The number of aromatic nitrogens is 2. The lowest BCUT2D eigenvalue weighted by Gasteiger charge is -2.14. The second kappa shape index (κ2) is 11.5. The van der Waals surface area contributed by atoms with Crippen molar-refractivity contribution in [2.75, 3.05) is 0 Å². The molecule has 0 fully saturated rings. The molecule has 0 saturated carbocycles. The van der Waals surface area contributed by atoms with Gasteiger partial charge in [-0.2, -0.15) is 0 Å². The van der Waals surface area contributed by atoms with Gasteiger partial charge in [-0.05, 0) is 74.6 Å². The van der Waals surface area contributed by atoms with E-state index in [-0.39, 0.29) is 0 Å². The van der Waals surface area contributed by atoms with Crippen LogP contribution in [0.2, 0.25) is 5.02 Å². The molecule has 0 radical (unpaired) electrons. The van der Waals surface area contributed by atoms with E-state index in [9.17, 15) is 0 Å². The molecule has 3 heteroatoms. The van der Waals surface area contributed by atoms with Gasteiger partial charge in [-0.1, -0.05) is 139 Å². The molecule has 0 bridgehead atoms. The van der Waals surface area contributed by atoms with Crippen molar-refractivity contribution in [1.29, 1.82) is 0 Å². The molecular formula is C42H27ClN2. The Morgan fingerprint density at radius 2 is 1.00 bits per heavy atom. The monoisotopic (exact) mass is 594 g/mol. The largest absolute Gasteiger partial charge is 0.228 e. The van der Waals surface area contributed by atoms with E-state index in [2.05, 4.69) is 140 Å². The summed E-state index contributed by atoms with van der Waals surface area (Å²) in [5, 5.41) is 5.34. The molecular weight excluding hydrogens is 568 g/mol. The Morgan fingerprint density at radius 1 is 0.356 bits per heavy atom. The zero-order valence-electron chi connectivity index (χ0n) is 24.4. The zero-order valence-corrected chi connectivity index (χ0v) is 25.1. The first-order valence-electron chi connectivity index (χ1n) is 15.0. The van der Waals surface area contributed by atoms with Gasteiger partial charge in [0.15, 0.2) is 5.82 Å². The van der Waals surface area contributed by atoms with E-state index < -0.39 is 0 Å². The first-order chi connectivity index (χ1) is 22.2. The number of rotatable bonds is 5. The summed E-state index contributed by atoms with van der Waals surface area (Å²) in [5.41, 5.74) is 9.13. The molecule has 0 unspecified atom stereocenters. The second-order valence-electron chi connectivity index (χ2n) is 11.2. The lowest BCUT2D eigenvalue weighted by molar-refractivity contribution is 1.18. The molecule has 0 aliphatic carbocycles. The van der Waals surface area contributed by atoms with Crippen molar-refractivity contribution in [3.05, 3.63) is 169 Å². The molecule has 8 aromatic rings. The van der Waals surface area contributed by atoms with Gasteiger partial charge in [-0.25, -0.2) is 9.97 Å². The first kappa shape index (κ1) is 27.0. The van der Waals surface area contributed by atoms with Crippen LogP contribution >= 0.6 is 11.6 Å². The van der Waals surface area contributed by atoms with Crippen molar-refractivity contribution in [3.8, 4) is 56.2 Å². The van der Waals surface area contributed by atoms with Gasteiger partial charge >= 0.3 is 0 Å². The third-order valence-electron chi connectivity index (χ3n) is 8.32. The third kappa shape index (κ3) is 5.26. The van der Waals surface area contributed by atoms with Crippen LogP contribution in [0.4, 0.5) is 0 Å². The maximum Gasteiger partial charge on any atom is 0.160 e. The summed E-state index contributed by atoms with van der Waals surface area (Å²) in [5.74, 6) is 0.686. The molecule has 0 amide bonds. The molecule has 1 heterocycles. The van der Waals surface area contributed by atoms with Crippen LogP contribution in [0.5, 0.6) is 0 Å². The fraction of sp³-hybridized carbons (Fsp3) is 0. The molecule has 45 heavy (non-hydrogen) atoms. The summed E-state index contributed by atoms with van der Waals surface area (Å²) >= 11 is 6.76. The van der Waals surface area contributed by atoms with Crippen molar-refractivity contribution in [3.63, 3.8) is 0 Å². The van der Waals surface area contributed by atoms with Crippen molar-refractivity contribution in [2.24, 2.45) is 0 Å². The van der Waals surface area contributed by atoms with Crippen molar-refractivity contribution in [1.82, 2.24) is 9.97 Å². The molecule has 0 N–H and O–H groups in total. The molecule has 2 nitrogen and oxygen atoms in total. The minimum Gasteiger partial charge on any atom is -0.228 e. The SMILES string of the molecule is Clc1ccccc1-c1cc(-c2cc(-c3cccc(-c4ccccc4)c3)nc(-c3ccc4ccccc4c3)n2)cc2ccccc12. The van der Waals surface area contributed by atoms with Crippen LogP contribution in [0.25, 0.3) is 77.7 Å². The quantitative estimate of drug-likeness (QED) is 0.198. The number of fused-ring (bicyclic) bond motifs is 2. The van der Waals surface area contributed by atoms with E-state index in [1.165, 1.54) is 10.9 Å². The third-order valence-corrected chi connectivity index (χ3v) is 8.65. The number of hydrogen-bond acceptors (Lipinski definition) is 2. The highest BCUT2D eigenvalue weighted by atomic mass is 35.5. The van der Waals surface area contributed by atoms with Crippen molar-refractivity contribution >= 4 is 33.1 Å². The Labute approximate surface area is 267 Å². The van der Waals surface area contributed by atoms with E-state index in [0.29, 0.717) is 5.82 Å². The van der Waals surface area contributed by atoms with E-state index in [1.807, 2.05) is 24.3 Å². The molecule has 0 saturated heterocycles. The van der Waals surface area contributed by atoms with Crippen molar-refractivity contribution < 1.29 is 0 Å². The van der Waals surface area contributed by atoms with Crippen molar-refractivity contribution in [2.45, 2.75) is 0 Å². The highest BCUT2D eigenvalue weighted by Crippen LogP contribution is 2.38. The van der Waals surface area contributed by atoms with E-state index in [0.717, 1.165) is 65.9 Å². The topological polar surface area (TPSA) is 25.8 Å². The zero-order chi connectivity index (χ0) is 30.2. The average molecular weight is 595 g/mol. The number of benzene rings is 7. The van der Waals surface area contributed by atoms with Gasteiger partial charge in [0.1, 0.15) is 0 Å². The van der Waals surface area contributed by atoms with Gasteiger partial charge in [0.05, 0.1) is 11.4 Å². The summed E-state index contributed by atoms with van der Waals surface area (Å²) in [6, 6.07) is 56.8. The summed E-state index contributed by atoms with van der Waals surface area (Å²) < 4.78 is 0. The molecule has 1 aromatic heterocycles. The number of nitrogens with zero attached hydrogens (tertiary/aromatic N) is 2. The minimum atomic E-state index is 0.686. The van der Waals surface area contributed by atoms with E-state index >= 15 is 0 Å². The lowest BCUT2D eigenvalue weighted by Crippen LogP contribution is -1.97. The van der Waals surface area contributed by atoms with Gasteiger partial charge < -0.3 is 0 Å². The molecule has 8 rings (SSSR count). The Morgan fingerprint density at radius 3 is 1.84 bits per heavy atom. The Hall–Kier alpha value is -5.57. The van der Waals surface area contributed by atoms with Gasteiger partial charge in [0, 0.05) is 27.3 Å². The van der Waals surface area contributed by atoms with Crippen LogP contribution in [-0.2, 0) is 0 Å². The minimum absolute atomic E-state index is 0.686. The molecule has 7 aromatic carbocycles. The van der Waals surface area contributed by atoms with E-state index in [4.69, 9.17) is 21.6 Å². The van der Waals surface area contributed by atoms with Gasteiger partial charge in [0.25, 0.3) is 0 Å². The number of halogens is 1. The maximum atomic E-state index is 6.76. The standard InChI is InChI=1S/C42H27ClN2/c43-39-20-9-8-19-37(39)38-26-35(25-32-15-6-7-18-36(32)38)41-27-40(33-17-10-16-31(23-33)28-11-2-1-3-12-28)44-42(45-41)34-22-21-29-13-4-5-14-30(29)24-34/h1-27H. The van der Waals surface area contributed by atoms with Gasteiger partial charge in [-0.3, -0.25) is 0 Å². The van der Waals surface area contributed by atoms with Crippen LogP contribution in [0.3, 0.4) is 0 Å². The fourth-order valence-electron chi connectivity index (χ4n) is 6.05. The summed E-state index contributed by atoms with van der Waals surface area (Å²) in [6.45, 7) is 0. The predicted octanol–water partition coefficient (Wildman–Crippen LogP) is 11.8. The first-order valence-corrected chi connectivity index (χ1v) is 15.4. The summed E-state index contributed by atoms with van der Waals surface area (Å²) in [4.78, 5) is 10.4. The van der Waals surface area contributed by atoms with Crippen LogP contribution in [0.15, 0.2) is 164 Å². The van der Waals surface area contributed by atoms with Crippen LogP contribution in [0, 0.1) is 0 Å². The van der Waals surface area contributed by atoms with Gasteiger partial charge in [-0.15, -0.1) is 0 Å². The normalized spacial score (nSPS) is 11.2. The number of hydrogen-bond donors (Lipinski definition) is 0. The Kier molecular flexibility index (Phi) is 6.90. The highest BCUT2D eigenvalue weighted by Gasteiger charge is 2.15. The van der Waals surface area contributed by atoms with Crippen LogP contribution < -0.4 is 0 Å². The second-order valence-corrected chi connectivity index (χ2v) is 11.6. The van der Waals surface area contributed by atoms with Crippen LogP contribution in [0.1, 0.15) is 0 Å². The highest BCUT2D eigenvalue weighted by molar-refractivity contribution is 6.33. The fourth-order valence-corrected chi connectivity index (χ4v) is 6.29. The molecule has 0 spiro atoms. The Balaban J connectivity index is 1.36.